The summed E-state index contributed by atoms with van der Waals surface area (Å²) in [6.45, 7) is 7.24. The summed E-state index contributed by atoms with van der Waals surface area (Å²) in [5.41, 5.74) is 6.85. The van der Waals surface area contributed by atoms with Gasteiger partial charge in [-0.05, 0) is 51.8 Å². The van der Waals surface area contributed by atoms with E-state index in [1.165, 1.54) is 0 Å². The Bertz CT molecular complexity index is 558. The number of carbonyl (C=O) groups excluding carboxylic acids is 1. The highest BCUT2D eigenvalue weighted by atomic mass is 35.5. The molecule has 1 aromatic carbocycles. The topological polar surface area (TPSA) is 105 Å². The Morgan fingerprint density at radius 3 is 2.57 bits per heavy atom. The van der Waals surface area contributed by atoms with E-state index in [1.807, 2.05) is 0 Å². The maximum atomic E-state index is 11.5. The number of hydrogen-bond donors (Lipinski definition) is 4. The fraction of sp³-hybridized carbons (Fsp3) is 0.562. The highest BCUT2D eigenvalue weighted by molar-refractivity contribution is 6.31. The van der Waals surface area contributed by atoms with Crippen molar-refractivity contribution in [1.29, 1.82) is 0 Å². The van der Waals surface area contributed by atoms with Crippen molar-refractivity contribution in [3.63, 3.8) is 0 Å². The maximum absolute atomic E-state index is 11.5. The Hall–Kier alpha value is -1.50. The van der Waals surface area contributed by atoms with E-state index in [0.29, 0.717) is 16.3 Å². The van der Waals surface area contributed by atoms with Crippen LogP contribution in [0.4, 0.5) is 10.5 Å². The third-order valence-corrected chi connectivity index (χ3v) is 3.50. The van der Waals surface area contributed by atoms with E-state index in [9.17, 15) is 15.0 Å². The molecule has 0 heterocycles. The zero-order chi connectivity index (χ0) is 17.8. The van der Waals surface area contributed by atoms with Crippen molar-refractivity contribution >= 4 is 23.4 Å². The number of nitrogens with two attached hydrogens (primary N) is 1. The fourth-order valence-corrected chi connectivity index (χ4v) is 2.23. The molecule has 0 aliphatic carbocycles. The summed E-state index contributed by atoms with van der Waals surface area (Å²) in [7, 11) is 0. The predicted molar refractivity (Wildman–Crippen MR) is 90.4 cm³/mol. The molecule has 5 N–H and O–H groups in total. The van der Waals surface area contributed by atoms with Crippen molar-refractivity contribution < 1.29 is 19.7 Å². The Morgan fingerprint density at radius 1 is 1.39 bits per heavy atom. The largest absolute Gasteiger partial charge is 0.444 e. The van der Waals surface area contributed by atoms with Crippen molar-refractivity contribution in [3.8, 4) is 0 Å². The molecule has 23 heavy (non-hydrogen) atoms. The summed E-state index contributed by atoms with van der Waals surface area (Å²) in [6.07, 6.45) is -2.66. The van der Waals surface area contributed by atoms with Gasteiger partial charge in [-0.25, -0.2) is 4.79 Å². The van der Waals surface area contributed by atoms with Gasteiger partial charge in [0.25, 0.3) is 0 Å². The molecule has 130 valence electrons. The summed E-state index contributed by atoms with van der Waals surface area (Å²) in [5, 5.41) is 23.1. The number of aryl methyl sites for hydroxylation is 1. The minimum absolute atomic E-state index is 0.153. The third-order valence-electron chi connectivity index (χ3n) is 3.18. The summed E-state index contributed by atoms with van der Waals surface area (Å²) in [4.78, 5) is 11.5. The van der Waals surface area contributed by atoms with Crippen LogP contribution in [-0.4, -0.2) is 34.6 Å². The van der Waals surface area contributed by atoms with Crippen molar-refractivity contribution in [1.82, 2.24) is 5.32 Å². The summed E-state index contributed by atoms with van der Waals surface area (Å²) < 4.78 is 5.08. The minimum atomic E-state index is -1.16. The molecule has 1 aromatic rings. The molecule has 0 saturated carbocycles. The second kappa shape index (κ2) is 7.86. The van der Waals surface area contributed by atoms with Crippen LogP contribution in [0.25, 0.3) is 0 Å². The van der Waals surface area contributed by atoms with Crippen LogP contribution in [0.3, 0.4) is 0 Å². The van der Waals surface area contributed by atoms with E-state index >= 15 is 0 Å². The lowest BCUT2D eigenvalue weighted by molar-refractivity contribution is 0.0123. The highest BCUT2D eigenvalue weighted by Crippen LogP contribution is 2.30. The number of benzene rings is 1. The van der Waals surface area contributed by atoms with Crippen LogP contribution in [0.1, 0.15) is 44.4 Å². The molecule has 0 aromatic heterocycles. The van der Waals surface area contributed by atoms with Gasteiger partial charge in [-0.3, -0.25) is 0 Å². The van der Waals surface area contributed by atoms with Crippen molar-refractivity contribution in [2.45, 2.75) is 51.9 Å². The molecule has 6 nitrogen and oxygen atoms in total. The maximum Gasteiger partial charge on any atom is 0.407 e. The number of aliphatic hydroxyl groups is 2. The number of amides is 1. The van der Waals surface area contributed by atoms with Crippen LogP contribution in [0.5, 0.6) is 0 Å². The Kier molecular flexibility index (Phi) is 6.68. The number of rotatable bonds is 5. The third kappa shape index (κ3) is 6.25. The molecule has 0 spiro atoms. The van der Waals surface area contributed by atoms with E-state index in [1.54, 1.807) is 39.8 Å². The number of hydrogen-bond acceptors (Lipinski definition) is 5. The fourth-order valence-electron chi connectivity index (χ4n) is 1.95. The van der Waals surface area contributed by atoms with E-state index in [0.717, 1.165) is 5.56 Å². The second-order valence-corrected chi connectivity index (χ2v) is 6.87. The SMILES string of the molecule is Cc1cc(C(O)C(O)CCNC(=O)OC(C)(C)C)c(Cl)cc1N. The number of carbonyl (C=O) groups is 1. The predicted octanol–water partition coefficient (Wildman–Crippen LogP) is 2.54. The normalized spacial score (nSPS) is 14.2. The van der Waals surface area contributed by atoms with Gasteiger partial charge in [-0.1, -0.05) is 11.6 Å². The zero-order valence-electron chi connectivity index (χ0n) is 13.9. The lowest BCUT2D eigenvalue weighted by atomic mass is 9.99. The number of ether oxygens (including phenoxy) is 1. The minimum Gasteiger partial charge on any atom is -0.444 e. The first-order valence-corrected chi connectivity index (χ1v) is 7.77. The van der Waals surface area contributed by atoms with Crippen LogP contribution in [-0.2, 0) is 4.74 Å². The van der Waals surface area contributed by atoms with Gasteiger partial charge in [-0.2, -0.15) is 0 Å². The van der Waals surface area contributed by atoms with E-state index in [2.05, 4.69) is 5.32 Å². The molecule has 0 aliphatic rings. The van der Waals surface area contributed by atoms with Gasteiger partial charge in [0.05, 0.1) is 6.10 Å². The van der Waals surface area contributed by atoms with Crippen LogP contribution in [0, 0.1) is 6.92 Å². The first-order chi connectivity index (χ1) is 10.5. The van der Waals surface area contributed by atoms with Gasteiger partial charge in [-0.15, -0.1) is 0 Å². The summed E-state index contributed by atoms with van der Waals surface area (Å²) >= 11 is 6.06. The van der Waals surface area contributed by atoms with E-state index < -0.39 is 23.9 Å². The molecule has 0 fully saturated rings. The van der Waals surface area contributed by atoms with Gasteiger partial charge in [0, 0.05) is 22.8 Å². The van der Waals surface area contributed by atoms with Crippen LogP contribution >= 0.6 is 11.6 Å². The lowest BCUT2D eigenvalue weighted by Crippen LogP contribution is -2.34. The van der Waals surface area contributed by atoms with Crippen molar-refractivity contribution in [3.05, 3.63) is 28.3 Å². The van der Waals surface area contributed by atoms with E-state index in [4.69, 9.17) is 22.1 Å². The molecule has 0 bridgehead atoms. The summed E-state index contributed by atoms with van der Waals surface area (Å²) in [5.74, 6) is 0. The van der Waals surface area contributed by atoms with Gasteiger partial charge in [0.15, 0.2) is 0 Å². The standard InChI is InChI=1S/C16H25ClN2O4/c1-9-7-10(11(17)8-12(9)18)14(21)13(20)5-6-19-15(22)23-16(2,3)4/h7-8,13-14,20-21H,5-6,18H2,1-4H3,(H,19,22). The number of halogens is 1. The molecule has 2 unspecified atom stereocenters. The molecule has 2 atom stereocenters. The molecular formula is C16H25ClN2O4. The zero-order valence-corrected chi connectivity index (χ0v) is 14.6. The van der Waals surface area contributed by atoms with Crippen LogP contribution < -0.4 is 11.1 Å². The van der Waals surface area contributed by atoms with Gasteiger partial charge < -0.3 is 26.0 Å². The monoisotopic (exact) mass is 344 g/mol. The number of aliphatic hydroxyl groups excluding tert-OH is 2. The molecule has 1 amide bonds. The lowest BCUT2D eigenvalue weighted by Gasteiger charge is -2.22. The summed E-state index contributed by atoms with van der Waals surface area (Å²) in [6, 6.07) is 3.19. The first kappa shape index (κ1) is 19.5. The van der Waals surface area contributed by atoms with Gasteiger partial charge >= 0.3 is 6.09 Å². The van der Waals surface area contributed by atoms with Gasteiger partial charge in [0.2, 0.25) is 0 Å². The number of anilines is 1. The van der Waals surface area contributed by atoms with Crippen molar-refractivity contribution in [2.24, 2.45) is 0 Å². The molecule has 0 saturated heterocycles. The Labute approximate surface area is 141 Å². The highest BCUT2D eigenvalue weighted by Gasteiger charge is 2.22. The Morgan fingerprint density at radius 2 is 2.00 bits per heavy atom. The smallest absolute Gasteiger partial charge is 0.407 e. The van der Waals surface area contributed by atoms with Gasteiger partial charge in [0.1, 0.15) is 11.7 Å². The molecule has 0 radical (unpaired) electrons. The number of alkyl carbamates (subject to hydrolysis) is 1. The van der Waals surface area contributed by atoms with Crippen molar-refractivity contribution in [2.75, 3.05) is 12.3 Å². The molecule has 0 aliphatic heterocycles. The average Bonchev–Trinajstić information content (AvgIpc) is 2.40. The molecule has 7 heteroatoms. The van der Waals surface area contributed by atoms with Crippen LogP contribution in [0.15, 0.2) is 12.1 Å². The first-order valence-electron chi connectivity index (χ1n) is 7.39. The number of nitrogens with one attached hydrogen (secondary N) is 1. The molecule has 1 rings (SSSR count). The Balaban J connectivity index is 2.57. The average molecular weight is 345 g/mol. The number of nitrogen functional groups attached to an aromatic ring is 1. The molecular weight excluding hydrogens is 320 g/mol. The quantitative estimate of drug-likeness (QED) is 0.614. The van der Waals surface area contributed by atoms with E-state index in [-0.39, 0.29) is 13.0 Å². The second-order valence-electron chi connectivity index (χ2n) is 6.46. The van der Waals surface area contributed by atoms with Crippen LogP contribution in [0.2, 0.25) is 5.02 Å².